The second-order valence-electron chi connectivity index (χ2n) is 6.72. The molecule has 0 aliphatic rings. The minimum absolute atomic E-state index is 0.189. The summed E-state index contributed by atoms with van der Waals surface area (Å²) in [4.78, 5) is 26.5. The maximum Gasteiger partial charge on any atom is 0.319 e. The van der Waals surface area contributed by atoms with Crippen molar-refractivity contribution in [3.05, 3.63) is 48.0 Å². The fraction of sp³-hybridized carbons (Fsp3) is 0.364. The number of hydrogen-bond donors (Lipinski definition) is 2. The molecule has 0 bridgehead atoms. The Balaban J connectivity index is 1.88. The highest BCUT2D eigenvalue weighted by molar-refractivity contribution is 5.94. The first kappa shape index (κ1) is 22.9. The van der Waals surface area contributed by atoms with Gasteiger partial charge in [-0.05, 0) is 43.2 Å². The van der Waals surface area contributed by atoms with Crippen molar-refractivity contribution in [3.63, 3.8) is 0 Å². The zero-order valence-corrected chi connectivity index (χ0v) is 18.0. The number of likely N-dealkylation sites (N-methyl/N-ethyl adjacent to an activating group) is 1. The summed E-state index contributed by atoms with van der Waals surface area (Å²) in [6.45, 7) is 2.14. The van der Waals surface area contributed by atoms with Gasteiger partial charge in [0.05, 0.1) is 27.0 Å². The summed E-state index contributed by atoms with van der Waals surface area (Å²) in [6.07, 6.45) is 0.642. The Bertz CT molecular complexity index is 872. The standard InChI is InChI=1S/C22H29N3O5/c1-15(23-22(27)24-17-8-6-7-9-18(17)28-3)21(26)25(2)13-12-16-10-11-19(29-4)20(14-16)30-5/h6-11,14-15H,12-13H2,1-5H3,(H2,23,24,27). The van der Waals surface area contributed by atoms with Crippen LogP contribution in [0.2, 0.25) is 0 Å². The van der Waals surface area contributed by atoms with Crippen LogP contribution in [-0.2, 0) is 11.2 Å². The van der Waals surface area contributed by atoms with Crippen LogP contribution in [0.5, 0.6) is 17.2 Å². The van der Waals surface area contributed by atoms with E-state index in [4.69, 9.17) is 14.2 Å². The van der Waals surface area contributed by atoms with Gasteiger partial charge in [-0.2, -0.15) is 0 Å². The van der Waals surface area contributed by atoms with Gasteiger partial charge in [0.25, 0.3) is 0 Å². The van der Waals surface area contributed by atoms with E-state index in [2.05, 4.69) is 10.6 Å². The first-order chi connectivity index (χ1) is 14.4. The molecular weight excluding hydrogens is 386 g/mol. The van der Waals surface area contributed by atoms with Gasteiger partial charge in [-0.1, -0.05) is 18.2 Å². The van der Waals surface area contributed by atoms with Crippen molar-refractivity contribution < 1.29 is 23.8 Å². The van der Waals surface area contributed by atoms with Crippen LogP contribution in [-0.4, -0.2) is 57.8 Å². The summed E-state index contributed by atoms with van der Waals surface area (Å²) < 4.78 is 15.8. The van der Waals surface area contributed by atoms with E-state index in [-0.39, 0.29) is 5.91 Å². The van der Waals surface area contributed by atoms with Crippen LogP contribution in [0.15, 0.2) is 42.5 Å². The highest BCUT2D eigenvalue weighted by atomic mass is 16.5. The first-order valence-corrected chi connectivity index (χ1v) is 9.56. The molecule has 1 unspecified atom stereocenters. The number of carbonyl (C=O) groups excluding carboxylic acids is 2. The number of nitrogens with zero attached hydrogens (tertiary/aromatic N) is 1. The largest absolute Gasteiger partial charge is 0.495 e. The fourth-order valence-electron chi connectivity index (χ4n) is 2.94. The molecule has 8 nitrogen and oxygen atoms in total. The van der Waals surface area contributed by atoms with Crippen LogP contribution in [0.1, 0.15) is 12.5 Å². The van der Waals surface area contributed by atoms with Gasteiger partial charge in [-0.3, -0.25) is 4.79 Å². The van der Waals surface area contributed by atoms with Gasteiger partial charge in [0.15, 0.2) is 11.5 Å². The molecule has 0 saturated carbocycles. The van der Waals surface area contributed by atoms with Crippen molar-refractivity contribution >= 4 is 17.6 Å². The molecule has 0 fully saturated rings. The Morgan fingerprint density at radius 2 is 1.63 bits per heavy atom. The number of carbonyl (C=O) groups is 2. The third-order valence-electron chi connectivity index (χ3n) is 4.63. The van der Waals surface area contributed by atoms with Crippen LogP contribution >= 0.6 is 0 Å². The average molecular weight is 415 g/mol. The summed E-state index contributed by atoms with van der Waals surface area (Å²) in [7, 11) is 6.40. The highest BCUT2D eigenvalue weighted by Gasteiger charge is 2.20. The molecular formula is C22H29N3O5. The summed E-state index contributed by atoms with van der Waals surface area (Å²) in [5.74, 6) is 1.65. The van der Waals surface area contributed by atoms with Crippen molar-refractivity contribution in [1.82, 2.24) is 10.2 Å². The van der Waals surface area contributed by atoms with Crippen LogP contribution < -0.4 is 24.8 Å². The Kier molecular flexibility index (Phi) is 8.34. The molecule has 0 aromatic heterocycles. The number of hydrogen-bond acceptors (Lipinski definition) is 5. The molecule has 30 heavy (non-hydrogen) atoms. The number of urea groups is 1. The van der Waals surface area contributed by atoms with Crippen molar-refractivity contribution in [3.8, 4) is 17.2 Å². The Labute approximate surface area is 177 Å². The molecule has 0 aliphatic heterocycles. The zero-order valence-electron chi connectivity index (χ0n) is 18.0. The van der Waals surface area contributed by atoms with E-state index in [0.29, 0.717) is 35.9 Å². The number of benzene rings is 2. The normalized spacial score (nSPS) is 11.2. The van der Waals surface area contributed by atoms with Crippen LogP contribution in [0.25, 0.3) is 0 Å². The van der Waals surface area contributed by atoms with E-state index in [9.17, 15) is 9.59 Å². The smallest absolute Gasteiger partial charge is 0.319 e. The SMILES string of the molecule is COc1ccccc1NC(=O)NC(C)C(=O)N(C)CCc1ccc(OC)c(OC)c1. The van der Waals surface area contributed by atoms with E-state index in [1.165, 1.54) is 7.11 Å². The molecule has 0 saturated heterocycles. The van der Waals surface area contributed by atoms with Crippen molar-refractivity contribution in [2.75, 3.05) is 40.2 Å². The van der Waals surface area contributed by atoms with Gasteiger partial charge >= 0.3 is 6.03 Å². The Morgan fingerprint density at radius 3 is 2.30 bits per heavy atom. The van der Waals surface area contributed by atoms with Gasteiger partial charge in [0, 0.05) is 13.6 Å². The molecule has 2 aromatic carbocycles. The number of nitrogens with one attached hydrogen (secondary N) is 2. The third-order valence-corrected chi connectivity index (χ3v) is 4.63. The maximum absolute atomic E-state index is 12.6. The number of ether oxygens (including phenoxy) is 3. The summed E-state index contributed by atoms with van der Waals surface area (Å²) in [6, 6.07) is 11.6. The number of methoxy groups -OCH3 is 3. The van der Waals surface area contributed by atoms with Gasteiger partial charge in [-0.15, -0.1) is 0 Å². The molecule has 2 N–H and O–H groups in total. The molecule has 0 heterocycles. The molecule has 0 radical (unpaired) electrons. The lowest BCUT2D eigenvalue weighted by molar-refractivity contribution is -0.131. The van der Waals surface area contributed by atoms with Gasteiger partial charge in [-0.25, -0.2) is 4.79 Å². The van der Waals surface area contributed by atoms with Gasteiger partial charge in [0.2, 0.25) is 5.91 Å². The van der Waals surface area contributed by atoms with Crippen molar-refractivity contribution in [2.45, 2.75) is 19.4 Å². The first-order valence-electron chi connectivity index (χ1n) is 9.56. The quantitative estimate of drug-likeness (QED) is 0.657. The molecule has 162 valence electrons. The van der Waals surface area contributed by atoms with E-state index >= 15 is 0 Å². The van der Waals surface area contributed by atoms with Crippen molar-refractivity contribution in [2.24, 2.45) is 0 Å². The topological polar surface area (TPSA) is 89.1 Å². The van der Waals surface area contributed by atoms with E-state index < -0.39 is 12.1 Å². The Hall–Kier alpha value is -3.42. The van der Waals surface area contributed by atoms with Crippen LogP contribution in [0, 0.1) is 0 Å². The molecule has 0 aliphatic carbocycles. The number of para-hydroxylation sites is 2. The minimum Gasteiger partial charge on any atom is -0.495 e. The summed E-state index contributed by atoms with van der Waals surface area (Å²) in [5, 5.41) is 5.35. The molecule has 8 heteroatoms. The second-order valence-corrected chi connectivity index (χ2v) is 6.72. The molecule has 3 amide bonds. The summed E-state index contributed by atoms with van der Waals surface area (Å²) >= 11 is 0. The lowest BCUT2D eigenvalue weighted by Gasteiger charge is -2.22. The van der Waals surface area contributed by atoms with Gasteiger partial charge < -0.3 is 29.7 Å². The Morgan fingerprint density at radius 1 is 0.967 bits per heavy atom. The maximum atomic E-state index is 12.6. The molecule has 1 atom stereocenters. The zero-order chi connectivity index (χ0) is 22.1. The number of anilines is 1. The number of amides is 3. The van der Waals surface area contributed by atoms with E-state index in [1.54, 1.807) is 57.4 Å². The highest BCUT2D eigenvalue weighted by Crippen LogP contribution is 2.27. The molecule has 0 spiro atoms. The lowest BCUT2D eigenvalue weighted by atomic mass is 10.1. The predicted molar refractivity (Wildman–Crippen MR) is 115 cm³/mol. The predicted octanol–water partition coefficient (Wildman–Crippen LogP) is 2.92. The second kappa shape index (κ2) is 10.9. The van der Waals surface area contributed by atoms with Crippen molar-refractivity contribution in [1.29, 1.82) is 0 Å². The number of rotatable bonds is 9. The molecule has 2 aromatic rings. The van der Waals surface area contributed by atoms with E-state index in [0.717, 1.165) is 5.56 Å². The monoisotopic (exact) mass is 415 g/mol. The average Bonchev–Trinajstić information content (AvgIpc) is 2.76. The van der Waals surface area contributed by atoms with E-state index in [1.807, 2.05) is 18.2 Å². The fourth-order valence-corrected chi connectivity index (χ4v) is 2.94. The minimum atomic E-state index is -0.685. The van der Waals surface area contributed by atoms with Gasteiger partial charge in [0.1, 0.15) is 11.8 Å². The molecule has 2 rings (SSSR count). The lowest BCUT2D eigenvalue weighted by Crippen LogP contribution is -2.47. The van der Waals surface area contributed by atoms with Crippen LogP contribution in [0.3, 0.4) is 0 Å². The third kappa shape index (κ3) is 6.04. The van der Waals surface area contributed by atoms with Crippen LogP contribution in [0.4, 0.5) is 10.5 Å². The summed E-state index contributed by atoms with van der Waals surface area (Å²) in [5.41, 5.74) is 1.54.